The molecule has 23 heavy (non-hydrogen) atoms. The van der Waals surface area contributed by atoms with Gasteiger partial charge in [0.2, 0.25) is 0 Å². The molecule has 0 aliphatic carbocycles. The molecule has 0 saturated heterocycles. The van der Waals surface area contributed by atoms with Crippen molar-refractivity contribution in [3.63, 3.8) is 0 Å². The summed E-state index contributed by atoms with van der Waals surface area (Å²) in [4.78, 5) is 25.5. The number of ether oxygens (including phenoxy) is 1. The minimum Gasteiger partial charge on any atom is -0.451 e. The molecule has 122 valence electrons. The van der Waals surface area contributed by atoms with Crippen LogP contribution in [0.1, 0.15) is 27.9 Å². The monoisotopic (exact) mass is 337 g/mol. The molecule has 0 aliphatic heterocycles. The second-order valence-electron chi connectivity index (χ2n) is 4.82. The van der Waals surface area contributed by atoms with Crippen molar-refractivity contribution in [1.29, 1.82) is 0 Å². The molecule has 6 nitrogen and oxygen atoms in total. The number of nitrogens with zero attached hydrogens (tertiary/aromatic N) is 3. The molecule has 2 rings (SSSR count). The number of halogens is 1. The van der Waals surface area contributed by atoms with Gasteiger partial charge in [0.15, 0.2) is 11.5 Å². The summed E-state index contributed by atoms with van der Waals surface area (Å²) in [7, 11) is 1.52. The zero-order valence-corrected chi connectivity index (χ0v) is 13.6. The van der Waals surface area contributed by atoms with Gasteiger partial charge in [-0.1, -0.05) is 29.6 Å². The Balaban J connectivity index is 1.89. The van der Waals surface area contributed by atoms with Crippen molar-refractivity contribution >= 4 is 23.4 Å². The molecule has 1 aromatic heterocycles. The van der Waals surface area contributed by atoms with Gasteiger partial charge in [-0.3, -0.25) is 4.79 Å². The first kappa shape index (κ1) is 17.0. The molecular weight excluding hydrogens is 321 g/mol. The third-order valence-electron chi connectivity index (χ3n) is 3.19. The minimum absolute atomic E-state index is 0.103. The molecule has 0 N–H and O–H groups in total. The molecule has 1 heterocycles. The highest BCUT2D eigenvalue weighted by atomic mass is 32.1. The Morgan fingerprint density at radius 3 is 2.78 bits per heavy atom. The van der Waals surface area contributed by atoms with Gasteiger partial charge in [-0.05, 0) is 24.0 Å². The highest BCUT2D eigenvalue weighted by molar-refractivity contribution is 7.07. The molecule has 2 aromatic rings. The van der Waals surface area contributed by atoms with Gasteiger partial charge in [0.05, 0.1) is 5.69 Å². The third kappa shape index (κ3) is 4.32. The number of carbonyl (C=O) groups excluding carboxylic acids is 2. The largest absolute Gasteiger partial charge is 0.451 e. The van der Waals surface area contributed by atoms with E-state index in [1.54, 1.807) is 18.2 Å². The summed E-state index contributed by atoms with van der Waals surface area (Å²) < 4.78 is 22.2. The van der Waals surface area contributed by atoms with Crippen LogP contribution in [0.2, 0.25) is 0 Å². The van der Waals surface area contributed by atoms with E-state index in [1.807, 2.05) is 6.92 Å². The fourth-order valence-corrected chi connectivity index (χ4v) is 2.51. The maximum Gasteiger partial charge on any atom is 0.352 e. The van der Waals surface area contributed by atoms with Gasteiger partial charge in [-0.25, -0.2) is 9.18 Å². The Kier molecular flexibility index (Phi) is 5.75. The lowest BCUT2D eigenvalue weighted by atomic mass is 10.2. The molecule has 0 fully saturated rings. The van der Waals surface area contributed by atoms with Crippen molar-refractivity contribution < 1.29 is 18.7 Å². The number of hydrogen-bond acceptors (Lipinski definition) is 6. The van der Waals surface area contributed by atoms with Gasteiger partial charge < -0.3 is 9.64 Å². The Morgan fingerprint density at radius 1 is 1.35 bits per heavy atom. The van der Waals surface area contributed by atoms with Gasteiger partial charge in [-0.2, -0.15) is 0 Å². The van der Waals surface area contributed by atoms with Crippen LogP contribution >= 0.6 is 11.5 Å². The van der Waals surface area contributed by atoms with E-state index in [1.165, 1.54) is 18.0 Å². The molecule has 1 amide bonds. The molecule has 0 unspecified atom stereocenters. The first-order chi connectivity index (χ1) is 11.0. The van der Waals surface area contributed by atoms with Gasteiger partial charge in [0.25, 0.3) is 5.91 Å². The average molecular weight is 337 g/mol. The van der Waals surface area contributed by atoms with Crippen molar-refractivity contribution in [2.24, 2.45) is 0 Å². The van der Waals surface area contributed by atoms with Gasteiger partial charge >= 0.3 is 5.97 Å². The van der Waals surface area contributed by atoms with Crippen molar-refractivity contribution in [3.8, 4) is 0 Å². The highest BCUT2D eigenvalue weighted by Gasteiger charge is 2.19. The highest BCUT2D eigenvalue weighted by Crippen LogP contribution is 2.13. The molecule has 0 atom stereocenters. The number of carbonyl (C=O) groups is 2. The number of benzene rings is 1. The Labute approximate surface area is 137 Å². The number of aryl methyl sites for hydroxylation is 1. The second kappa shape index (κ2) is 7.77. The summed E-state index contributed by atoms with van der Waals surface area (Å²) in [6.07, 6.45) is 0.558. The first-order valence-corrected chi connectivity index (χ1v) is 7.76. The summed E-state index contributed by atoms with van der Waals surface area (Å²) in [5.41, 5.74) is 0.946. The number of rotatable bonds is 6. The summed E-state index contributed by atoms with van der Waals surface area (Å²) >= 11 is 0.937. The standard InChI is InChI=1S/C15H16FN3O3S/c1-3-12-14(23-18-17-12)15(21)22-9-13(20)19(2)8-10-6-4-5-7-11(10)16/h4-7H,3,8-9H2,1-2H3. The quantitative estimate of drug-likeness (QED) is 0.755. The molecule has 0 saturated carbocycles. The predicted molar refractivity (Wildman–Crippen MR) is 82.4 cm³/mol. The summed E-state index contributed by atoms with van der Waals surface area (Å²) in [5.74, 6) is -1.42. The Bertz CT molecular complexity index is 705. The van der Waals surface area contributed by atoms with Crippen LogP contribution in [-0.4, -0.2) is 40.0 Å². The Morgan fingerprint density at radius 2 is 2.09 bits per heavy atom. The van der Waals surface area contributed by atoms with Gasteiger partial charge in [0, 0.05) is 19.2 Å². The van der Waals surface area contributed by atoms with Crippen LogP contribution in [0.25, 0.3) is 0 Å². The summed E-state index contributed by atoms with van der Waals surface area (Å²) in [5, 5.41) is 3.81. The third-order valence-corrected chi connectivity index (χ3v) is 3.94. The van der Waals surface area contributed by atoms with E-state index < -0.39 is 18.5 Å². The van der Waals surface area contributed by atoms with Crippen LogP contribution in [-0.2, 0) is 22.5 Å². The van der Waals surface area contributed by atoms with Crippen LogP contribution in [0.3, 0.4) is 0 Å². The predicted octanol–water partition coefficient (Wildman–Crippen LogP) is 2.06. The summed E-state index contributed by atoms with van der Waals surface area (Å²) in [6.45, 7) is 1.54. The fourth-order valence-electron chi connectivity index (χ4n) is 1.87. The van der Waals surface area contributed by atoms with Crippen molar-refractivity contribution in [2.75, 3.05) is 13.7 Å². The normalized spacial score (nSPS) is 10.4. The van der Waals surface area contributed by atoms with E-state index in [4.69, 9.17) is 4.74 Å². The SMILES string of the molecule is CCc1nnsc1C(=O)OCC(=O)N(C)Cc1ccccc1F. The number of esters is 1. The van der Waals surface area contributed by atoms with E-state index in [0.29, 0.717) is 22.6 Å². The molecule has 0 radical (unpaired) electrons. The van der Waals surface area contributed by atoms with Crippen molar-refractivity contribution in [2.45, 2.75) is 19.9 Å². The van der Waals surface area contributed by atoms with Gasteiger partial charge in [0.1, 0.15) is 5.82 Å². The number of amides is 1. The van der Waals surface area contributed by atoms with Crippen molar-refractivity contribution in [1.82, 2.24) is 14.5 Å². The zero-order valence-electron chi connectivity index (χ0n) is 12.8. The van der Waals surface area contributed by atoms with Crippen LogP contribution in [0.4, 0.5) is 4.39 Å². The minimum atomic E-state index is -0.621. The molecule has 0 aliphatic rings. The summed E-state index contributed by atoms with van der Waals surface area (Å²) in [6, 6.07) is 6.20. The maximum atomic E-state index is 13.6. The van der Waals surface area contributed by atoms with E-state index in [0.717, 1.165) is 11.5 Å². The van der Waals surface area contributed by atoms with Gasteiger partial charge in [-0.15, -0.1) is 5.10 Å². The van der Waals surface area contributed by atoms with E-state index in [9.17, 15) is 14.0 Å². The van der Waals surface area contributed by atoms with Crippen LogP contribution in [0, 0.1) is 5.82 Å². The van der Waals surface area contributed by atoms with E-state index >= 15 is 0 Å². The molecule has 8 heteroatoms. The average Bonchev–Trinajstić information content (AvgIpc) is 3.03. The number of hydrogen-bond donors (Lipinski definition) is 0. The van der Waals surface area contributed by atoms with Crippen LogP contribution in [0.5, 0.6) is 0 Å². The van der Waals surface area contributed by atoms with E-state index in [-0.39, 0.29) is 12.4 Å². The first-order valence-electron chi connectivity index (χ1n) is 6.98. The molecule has 0 spiro atoms. The van der Waals surface area contributed by atoms with E-state index in [2.05, 4.69) is 9.59 Å². The number of aromatic nitrogens is 2. The second-order valence-corrected chi connectivity index (χ2v) is 5.57. The lowest BCUT2D eigenvalue weighted by molar-refractivity contribution is -0.133. The maximum absolute atomic E-state index is 13.6. The van der Waals surface area contributed by atoms with Crippen LogP contribution < -0.4 is 0 Å². The topological polar surface area (TPSA) is 72.4 Å². The molecule has 1 aromatic carbocycles. The lowest BCUT2D eigenvalue weighted by Crippen LogP contribution is -2.31. The fraction of sp³-hybridized carbons (Fsp3) is 0.333. The van der Waals surface area contributed by atoms with Crippen molar-refractivity contribution in [3.05, 3.63) is 46.2 Å². The molecular formula is C15H16FN3O3S. The zero-order chi connectivity index (χ0) is 16.8. The Hall–Kier alpha value is -2.35. The smallest absolute Gasteiger partial charge is 0.352 e. The number of likely N-dealkylation sites (N-methyl/N-ethyl adjacent to an activating group) is 1. The molecule has 0 bridgehead atoms. The lowest BCUT2D eigenvalue weighted by Gasteiger charge is -2.17. The van der Waals surface area contributed by atoms with Crippen LogP contribution in [0.15, 0.2) is 24.3 Å².